The molecular weight excluding hydrogens is 210 g/mol. The molecule has 2 rings (SSSR count). The number of hydrogen-bond acceptors (Lipinski definition) is 2. The average molecular weight is 233 g/mol. The van der Waals surface area contributed by atoms with Crippen LogP contribution < -0.4 is 5.32 Å². The normalized spacial score (nSPS) is 26.1. The molecule has 0 radical (unpaired) electrons. The quantitative estimate of drug-likeness (QED) is 0.862. The zero-order chi connectivity index (χ0) is 12.3. The van der Waals surface area contributed by atoms with E-state index in [0.717, 1.165) is 6.54 Å². The molecule has 0 aliphatic carbocycles. The van der Waals surface area contributed by atoms with Gasteiger partial charge in [-0.25, -0.2) is 0 Å². The molecule has 2 heteroatoms. The molecule has 2 unspecified atom stereocenters. The summed E-state index contributed by atoms with van der Waals surface area (Å²) in [4.78, 5) is 0. The molecule has 2 nitrogen and oxygen atoms in total. The van der Waals surface area contributed by atoms with Crippen LogP contribution in [0.5, 0.6) is 0 Å². The van der Waals surface area contributed by atoms with Crippen molar-refractivity contribution in [1.82, 2.24) is 5.32 Å². The standard InChI is InChI=1S/C15H23NO/c1-11-6-4-5-7-15(11)13(3)16-10-14-9-8-12(2)17-14/h4-7,12-14,16H,8-10H2,1-3H3/t12?,13-,14?/m1/s1. The van der Waals surface area contributed by atoms with Crippen LogP contribution in [0, 0.1) is 6.92 Å². The first-order chi connectivity index (χ1) is 8.16. The lowest BCUT2D eigenvalue weighted by Crippen LogP contribution is -2.29. The van der Waals surface area contributed by atoms with Crippen molar-refractivity contribution in [1.29, 1.82) is 0 Å². The van der Waals surface area contributed by atoms with Crippen LogP contribution in [0.4, 0.5) is 0 Å². The van der Waals surface area contributed by atoms with Gasteiger partial charge in [0.25, 0.3) is 0 Å². The second-order valence-electron chi connectivity index (χ2n) is 5.13. The van der Waals surface area contributed by atoms with E-state index in [-0.39, 0.29) is 0 Å². The van der Waals surface area contributed by atoms with Crippen molar-refractivity contribution in [2.45, 2.75) is 51.9 Å². The lowest BCUT2D eigenvalue weighted by atomic mass is 10.0. The third-order valence-corrected chi connectivity index (χ3v) is 3.63. The van der Waals surface area contributed by atoms with E-state index in [0.29, 0.717) is 18.2 Å². The Hall–Kier alpha value is -0.860. The third-order valence-electron chi connectivity index (χ3n) is 3.63. The van der Waals surface area contributed by atoms with Crippen LogP contribution in [-0.2, 0) is 4.74 Å². The molecule has 0 saturated carbocycles. The van der Waals surface area contributed by atoms with Crippen LogP contribution in [0.2, 0.25) is 0 Å². The number of aryl methyl sites for hydroxylation is 1. The molecule has 1 aromatic rings. The molecule has 1 heterocycles. The summed E-state index contributed by atoms with van der Waals surface area (Å²) in [5.74, 6) is 0. The molecule has 1 N–H and O–H groups in total. The fraction of sp³-hybridized carbons (Fsp3) is 0.600. The lowest BCUT2D eigenvalue weighted by Gasteiger charge is -2.19. The highest BCUT2D eigenvalue weighted by molar-refractivity contribution is 5.28. The third kappa shape index (κ3) is 3.30. The zero-order valence-corrected chi connectivity index (χ0v) is 11.1. The summed E-state index contributed by atoms with van der Waals surface area (Å²) in [5.41, 5.74) is 2.74. The first-order valence-electron chi connectivity index (χ1n) is 6.61. The van der Waals surface area contributed by atoms with Gasteiger partial charge >= 0.3 is 0 Å². The summed E-state index contributed by atoms with van der Waals surface area (Å²) in [6.07, 6.45) is 3.23. The summed E-state index contributed by atoms with van der Waals surface area (Å²) in [6.45, 7) is 7.51. The predicted molar refractivity (Wildman–Crippen MR) is 71.2 cm³/mol. The maximum absolute atomic E-state index is 5.82. The van der Waals surface area contributed by atoms with Crippen molar-refractivity contribution in [3.63, 3.8) is 0 Å². The molecule has 17 heavy (non-hydrogen) atoms. The first kappa shape index (κ1) is 12.6. The molecule has 1 fully saturated rings. The molecule has 0 bridgehead atoms. The van der Waals surface area contributed by atoms with Gasteiger partial charge in [0.05, 0.1) is 12.2 Å². The molecule has 3 atom stereocenters. The Morgan fingerprint density at radius 2 is 2.12 bits per heavy atom. The van der Waals surface area contributed by atoms with Crippen LogP contribution >= 0.6 is 0 Å². The Morgan fingerprint density at radius 1 is 1.35 bits per heavy atom. The summed E-state index contributed by atoms with van der Waals surface area (Å²) in [5, 5.41) is 3.58. The van der Waals surface area contributed by atoms with Crippen molar-refractivity contribution in [2.24, 2.45) is 0 Å². The van der Waals surface area contributed by atoms with E-state index in [1.807, 2.05) is 0 Å². The fourth-order valence-corrected chi connectivity index (χ4v) is 2.53. The highest BCUT2D eigenvalue weighted by atomic mass is 16.5. The molecule has 94 valence electrons. The molecule has 0 aromatic heterocycles. The van der Waals surface area contributed by atoms with Gasteiger partial charge in [0.2, 0.25) is 0 Å². The highest BCUT2D eigenvalue weighted by Gasteiger charge is 2.22. The maximum atomic E-state index is 5.82. The topological polar surface area (TPSA) is 21.3 Å². The predicted octanol–water partition coefficient (Wildman–Crippen LogP) is 3.21. The SMILES string of the molecule is Cc1ccccc1[C@@H](C)NCC1CCC(C)O1. The summed E-state index contributed by atoms with van der Waals surface area (Å²) in [7, 11) is 0. The first-order valence-corrected chi connectivity index (χ1v) is 6.61. The minimum atomic E-state index is 0.399. The lowest BCUT2D eigenvalue weighted by molar-refractivity contribution is 0.0546. The molecule has 1 aliphatic heterocycles. The van der Waals surface area contributed by atoms with Crippen molar-refractivity contribution >= 4 is 0 Å². The van der Waals surface area contributed by atoms with Gasteiger partial charge in [-0.1, -0.05) is 24.3 Å². The number of benzene rings is 1. The Bertz CT molecular complexity index is 364. The Kier molecular flexibility index (Phi) is 4.19. The Morgan fingerprint density at radius 3 is 2.76 bits per heavy atom. The van der Waals surface area contributed by atoms with Gasteiger partial charge in [-0.2, -0.15) is 0 Å². The monoisotopic (exact) mass is 233 g/mol. The summed E-state index contributed by atoms with van der Waals surface area (Å²) < 4.78 is 5.82. The number of nitrogens with one attached hydrogen (secondary N) is 1. The van der Waals surface area contributed by atoms with Gasteiger partial charge in [0, 0.05) is 12.6 Å². The van der Waals surface area contributed by atoms with Gasteiger partial charge in [-0.15, -0.1) is 0 Å². The van der Waals surface area contributed by atoms with Gasteiger partial charge in [-0.3, -0.25) is 0 Å². The summed E-state index contributed by atoms with van der Waals surface area (Å²) in [6, 6.07) is 8.96. The van der Waals surface area contributed by atoms with Crippen molar-refractivity contribution in [2.75, 3.05) is 6.54 Å². The molecule has 1 aromatic carbocycles. The maximum Gasteiger partial charge on any atom is 0.0704 e. The van der Waals surface area contributed by atoms with E-state index in [4.69, 9.17) is 4.74 Å². The molecular formula is C15H23NO. The molecule has 0 spiro atoms. The number of hydrogen-bond donors (Lipinski definition) is 1. The smallest absolute Gasteiger partial charge is 0.0704 e. The second kappa shape index (κ2) is 5.65. The fourth-order valence-electron chi connectivity index (χ4n) is 2.53. The zero-order valence-electron chi connectivity index (χ0n) is 11.1. The van der Waals surface area contributed by atoms with Crippen LogP contribution in [0.15, 0.2) is 24.3 Å². The van der Waals surface area contributed by atoms with Gasteiger partial charge < -0.3 is 10.1 Å². The van der Waals surface area contributed by atoms with Crippen molar-refractivity contribution in [3.05, 3.63) is 35.4 Å². The van der Waals surface area contributed by atoms with Crippen molar-refractivity contribution in [3.8, 4) is 0 Å². The van der Waals surface area contributed by atoms with E-state index in [2.05, 4.69) is 50.4 Å². The minimum Gasteiger partial charge on any atom is -0.374 e. The van der Waals surface area contributed by atoms with E-state index in [9.17, 15) is 0 Å². The molecule has 0 amide bonds. The van der Waals surface area contributed by atoms with Crippen LogP contribution in [0.25, 0.3) is 0 Å². The largest absolute Gasteiger partial charge is 0.374 e. The minimum absolute atomic E-state index is 0.399. The second-order valence-corrected chi connectivity index (χ2v) is 5.13. The van der Waals surface area contributed by atoms with E-state index < -0.39 is 0 Å². The van der Waals surface area contributed by atoms with Crippen molar-refractivity contribution < 1.29 is 4.74 Å². The number of ether oxygens (including phenoxy) is 1. The Balaban J connectivity index is 1.85. The van der Waals surface area contributed by atoms with E-state index >= 15 is 0 Å². The van der Waals surface area contributed by atoms with Crippen LogP contribution in [-0.4, -0.2) is 18.8 Å². The Labute approximate surface area is 104 Å². The molecule has 1 saturated heterocycles. The van der Waals surface area contributed by atoms with Gasteiger partial charge in [-0.05, 0) is 44.7 Å². The average Bonchev–Trinajstić information content (AvgIpc) is 2.73. The van der Waals surface area contributed by atoms with Gasteiger partial charge in [0.15, 0.2) is 0 Å². The van der Waals surface area contributed by atoms with Crippen LogP contribution in [0.1, 0.15) is 43.9 Å². The van der Waals surface area contributed by atoms with E-state index in [1.165, 1.54) is 24.0 Å². The highest BCUT2D eigenvalue weighted by Crippen LogP contribution is 2.20. The summed E-state index contributed by atoms with van der Waals surface area (Å²) >= 11 is 0. The van der Waals surface area contributed by atoms with E-state index in [1.54, 1.807) is 0 Å². The van der Waals surface area contributed by atoms with Crippen LogP contribution in [0.3, 0.4) is 0 Å². The van der Waals surface area contributed by atoms with Gasteiger partial charge in [0.1, 0.15) is 0 Å². The molecule has 1 aliphatic rings. The number of rotatable bonds is 4.